The molecule has 0 aromatic carbocycles. The summed E-state index contributed by atoms with van der Waals surface area (Å²) in [7, 11) is -3.04. The Labute approximate surface area is 163 Å². The Balaban J connectivity index is 2.67. The first-order valence-corrected chi connectivity index (χ1v) is 13.5. The molecule has 158 valence electrons. The monoisotopic (exact) mass is 423 g/mol. The predicted octanol–water partition coefficient (Wildman–Crippen LogP) is 1.77. The van der Waals surface area contributed by atoms with E-state index in [0.29, 0.717) is 0 Å². The Morgan fingerprint density at radius 1 is 1.11 bits per heavy atom. The van der Waals surface area contributed by atoms with E-state index in [4.69, 9.17) is 9.16 Å². The molecule has 0 aromatic rings. The highest BCUT2D eigenvalue weighted by atomic mass is 32.2. The molecule has 0 N–H and O–H groups in total. The van der Waals surface area contributed by atoms with Gasteiger partial charge in [0.1, 0.15) is 0 Å². The van der Waals surface area contributed by atoms with Crippen molar-refractivity contribution in [3.63, 3.8) is 0 Å². The summed E-state index contributed by atoms with van der Waals surface area (Å²) in [5, 5.41) is 0.00143. The van der Waals surface area contributed by atoms with Gasteiger partial charge in [-0.3, -0.25) is 9.59 Å². The molecule has 0 radical (unpaired) electrons. The number of methoxy groups -OCH3 is 2. The number of esters is 2. The topological polar surface area (TPSA) is 99.2 Å². The average molecular weight is 424 g/mol. The quantitative estimate of drug-likeness (QED) is 0.411. The molecule has 0 unspecified atom stereocenters. The summed E-state index contributed by atoms with van der Waals surface area (Å²) in [5.74, 6) is -1.08. The molecular formula is C17H33NO7SSi. The summed E-state index contributed by atoms with van der Waals surface area (Å²) in [6.45, 7) is 10.6. The zero-order valence-electron chi connectivity index (χ0n) is 17.5. The molecule has 1 aliphatic heterocycles. The van der Waals surface area contributed by atoms with Crippen molar-refractivity contribution in [2.24, 2.45) is 5.41 Å². The molecule has 1 fully saturated rings. The van der Waals surface area contributed by atoms with Crippen molar-refractivity contribution in [2.45, 2.75) is 51.7 Å². The number of hydrogen-bond donors (Lipinski definition) is 0. The molecule has 0 amide bonds. The fourth-order valence-corrected chi connectivity index (χ4v) is 5.26. The van der Waals surface area contributed by atoms with Crippen LogP contribution in [0.25, 0.3) is 0 Å². The van der Waals surface area contributed by atoms with Crippen LogP contribution in [0.2, 0.25) is 18.1 Å². The van der Waals surface area contributed by atoms with Crippen LogP contribution in [0.5, 0.6) is 0 Å². The highest BCUT2D eigenvalue weighted by molar-refractivity contribution is 7.89. The predicted molar refractivity (Wildman–Crippen MR) is 104 cm³/mol. The lowest BCUT2D eigenvalue weighted by Gasteiger charge is -2.46. The second kappa shape index (κ2) is 8.58. The molecule has 1 rings (SSSR count). The van der Waals surface area contributed by atoms with Crippen LogP contribution in [-0.2, 0) is 33.5 Å². The fourth-order valence-electron chi connectivity index (χ4n) is 2.62. The van der Waals surface area contributed by atoms with E-state index < -0.39 is 35.7 Å². The Kier molecular flexibility index (Phi) is 7.65. The summed E-state index contributed by atoms with van der Waals surface area (Å²) in [6, 6.07) is 0. The summed E-state index contributed by atoms with van der Waals surface area (Å²) < 4.78 is 41.7. The number of carbonyl (C=O) groups excluding carboxylic acids is 2. The van der Waals surface area contributed by atoms with E-state index in [-0.39, 0.29) is 43.3 Å². The lowest BCUT2D eigenvalue weighted by molar-refractivity contribution is -0.161. The molecule has 0 aliphatic carbocycles. The van der Waals surface area contributed by atoms with Gasteiger partial charge in [0.15, 0.2) is 8.32 Å². The molecular weight excluding hydrogens is 390 g/mol. The summed E-state index contributed by atoms with van der Waals surface area (Å²) in [6.07, 6.45) is 0.229. The van der Waals surface area contributed by atoms with E-state index in [1.54, 1.807) is 0 Å². The molecule has 10 heteroatoms. The van der Waals surface area contributed by atoms with Crippen molar-refractivity contribution in [1.29, 1.82) is 0 Å². The summed E-state index contributed by atoms with van der Waals surface area (Å²) in [5.41, 5.74) is -0.990. The lowest BCUT2D eigenvalue weighted by Crippen LogP contribution is -2.63. The first kappa shape index (κ1) is 24.1. The maximum atomic E-state index is 12.6. The fraction of sp³-hybridized carbons (Fsp3) is 0.882. The molecule has 27 heavy (non-hydrogen) atoms. The normalized spacial score (nSPS) is 17.9. The summed E-state index contributed by atoms with van der Waals surface area (Å²) in [4.78, 5) is 23.5. The molecule has 1 aliphatic rings. The van der Waals surface area contributed by atoms with Gasteiger partial charge in [-0.1, -0.05) is 20.8 Å². The highest BCUT2D eigenvalue weighted by Gasteiger charge is 2.54. The number of ether oxygens (including phenoxy) is 2. The van der Waals surface area contributed by atoms with Crippen LogP contribution >= 0.6 is 0 Å². The molecule has 0 saturated carbocycles. The first-order valence-electron chi connectivity index (χ1n) is 8.98. The zero-order valence-corrected chi connectivity index (χ0v) is 19.3. The van der Waals surface area contributed by atoms with Gasteiger partial charge in [0, 0.05) is 26.1 Å². The number of carbonyl (C=O) groups is 2. The Morgan fingerprint density at radius 2 is 1.67 bits per heavy atom. The Hall–Kier alpha value is -0.973. The van der Waals surface area contributed by atoms with Crippen LogP contribution in [0.4, 0.5) is 0 Å². The number of sulfonamides is 1. The zero-order chi connectivity index (χ0) is 21.1. The lowest BCUT2D eigenvalue weighted by atomic mass is 9.77. The third-order valence-corrected chi connectivity index (χ3v) is 11.9. The maximum Gasteiger partial charge on any atom is 0.314 e. The summed E-state index contributed by atoms with van der Waals surface area (Å²) >= 11 is 0. The van der Waals surface area contributed by atoms with Crippen LogP contribution < -0.4 is 0 Å². The molecule has 0 bridgehead atoms. The third kappa shape index (κ3) is 5.75. The molecule has 0 spiro atoms. The Morgan fingerprint density at radius 3 is 2.11 bits per heavy atom. The van der Waals surface area contributed by atoms with E-state index >= 15 is 0 Å². The van der Waals surface area contributed by atoms with E-state index in [0.717, 1.165) is 0 Å². The van der Waals surface area contributed by atoms with Crippen molar-refractivity contribution in [3.05, 3.63) is 0 Å². The van der Waals surface area contributed by atoms with Gasteiger partial charge in [-0.25, -0.2) is 8.42 Å². The van der Waals surface area contributed by atoms with Gasteiger partial charge in [0.05, 0.1) is 25.4 Å². The van der Waals surface area contributed by atoms with Gasteiger partial charge in [-0.15, -0.1) is 0 Å². The maximum absolute atomic E-state index is 12.6. The largest absolute Gasteiger partial charge is 0.469 e. The van der Waals surface area contributed by atoms with Crippen LogP contribution in [-0.4, -0.2) is 72.6 Å². The van der Waals surface area contributed by atoms with E-state index in [9.17, 15) is 18.0 Å². The number of rotatable bonds is 9. The molecule has 1 heterocycles. The smallest absolute Gasteiger partial charge is 0.314 e. The molecule has 0 aromatic heterocycles. The average Bonchev–Trinajstić information content (AvgIpc) is 2.51. The highest BCUT2D eigenvalue weighted by Crippen LogP contribution is 2.39. The molecule has 1 saturated heterocycles. The van der Waals surface area contributed by atoms with Crippen LogP contribution in [0.3, 0.4) is 0 Å². The van der Waals surface area contributed by atoms with Gasteiger partial charge < -0.3 is 13.9 Å². The molecule has 8 nitrogen and oxygen atoms in total. The van der Waals surface area contributed by atoms with Crippen molar-refractivity contribution in [1.82, 2.24) is 4.31 Å². The van der Waals surface area contributed by atoms with Crippen molar-refractivity contribution >= 4 is 30.3 Å². The minimum atomic E-state index is -3.54. The number of nitrogens with zero attached hydrogens (tertiary/aromatic N) is 1. The molecule has 0 atom stereocenters. The Bertz CT molecular complexity index is 649. The van der Waals surface area contributed by atoms with Gasteiger partial charge in [-0.05, 0) is 24.6 Å². The van der Waals surface area contributed by atoms with Crippen molar-refractivity contribution in [3.8, 4) is 0 Å². The van der Waals surface area contributed by atoms with Crippen LogP contribution in [0, 0.1) is 5.41 Å². The third-order valence-electron chi connectivity index (χ3n) is 5.62. The van der Waals surface area contributed by atoms with Crippen LogP contribution in [0.15, 0.2) is 0 Å². The van der Waals surface area contributed by atoms with E-state index in [2.05, 4.69) is 38.6 Å². The SMILES string of the molecule is COC(=O)CCC1(C(=O)OC)CN(S(=O)(=O)CCO[Si](C)(C)C(C)(C)C)C1. The van der Waals surface area contributed by atoms with Crippen molar-refractivity contribution in [2.75, 3.05) is 39.7 Å². The second-order valence-electron chi connectivity index (χ2n) is 8.54. The van der Waals surface area contributed by atoms with Gasteiger partial charge in [-0.2, -0.15) is 4.31 Å². The first-order chi connectivity index (χ1) is 12.2. The minimum Gasteiger partial charge on any atom is -0.469 e. The van der Waals surface area contributed by atoms with Gasteiger partial charge in [0.25, 0.3) is 0 Å². The van der Waals surface area contributed by atoms with Crippen LogP contribution in [0.1, 0.15) is 33.6 Å². The second-order valence-corrected chi connectivity index (χ2v) is 15.4. The van der Waals surface area contributed by atoms with Crippen molar-refractivity contribution < 1.29 is 31.9 Å². The standard InChI is InChI=1S/C17H33NO7SSi/c1-16(2,3)27(6,7)25-10-11-26(21,22)18-12-17(13-18,15(20)24-5)9-8-14(19)23-4/h8-13H2,1-7H3. The van der Waals surface area contributed by atoms with Gasteiger partial charge in [0.2, 0.25) is 10.0 Å². The number of hydrogen-bond acceptors (Lipinski definition) is 7. The van der Waals surface area contributed by atoms with Gasteiger partial charge >= 0.3 is 11.9 Å². The minimum absolute atomic E-state index is 0.00143. The van der Waals surface area contributed by atoms with E-state index in [1.165, 1.54) is 18.5 Å². The van der Waals surface area contributed by atoms with E-state index in [1.807, 2.05) is 0 Å².